The normalized spacial score (nSPS) is 26.4. The van der Waals surface area contributed by atoms with Crippen LogP contribution in [0.1, 0.15) is 26.7 Å². The molecule has 0 N–H and O–H groups in total. The Balaban J connectivity index is 2.51. The van der Waals surface area contributed by atoms with Crippen LogP contribution in [-0.2, 0) is 9.53 Å². The van der Waals surface area contributed by atoms with Crippen molar-refractivity contribution in [2.45, 2.75) is 38.8 Å². The molecule has 0 aromatic heterocycles. The number of methoxy groups -OCH3 is 1. The van der Waals surface area contributed by atoms with Crippen molar-refractivity contribution in [1.29, 1.82) is 0 Å². The van der Waals surface area contributed by atoms with E-state index in [0.717, 1.165) is 13.0 Å². The highest BCUT2D eigenvalue weighted by Crippen LogP contribution is 2.17. The lowest BCUT2D eigenvalue weighted by molar-refractivity contribution is -0.129. The molecule has 1 rings (SSSR count). The number of hydrogen-bond acceptors (Lipinski definition) is 2. The molecule has 0 aromatic rings. The molecule has 0 radical (unpaired) electrons. The number of carbonyl (C=O) groups is 1. The van der Waals surface area contributed by atoms with Gasteiger partial charge in [-0.3, -0.25) is 4.79 Å². The summed E-state index contributed by atoms with van der Waals surface area (Å²) in [6.45, 7) is 4.94. The van der Waals surface area contributed by atoms with Gasteiger partial charge >= 0.3 is 0 Å². The van der Waals surface area contributed by atoms with E-state index in [-0.39, 0.29) is 12.0 Å². The summed E-state index contributed by atoms with van der Waals surface area (Å²) in [5.41, 5.74) is 0. The standard InChI is InChI=1S/C9H17NO2/c1-4-7(2)10-6-8(12-3)5-9(10)11/h7-8H,4-6H2,1-3H3/t7-,8+/m0/s1. The van der Waals surface area contributed by atoms with Crippen LogP contribution in [0.2, 0.25) is 0 Å². The minimum absolute atomic E-state index is 0.117. The number of rotatable bonds is 3. The molecule has 1 aliphatic heterocycles. The molecular formula is C9H17NO2. The number of nitrogens with zero attached hydrogens (tertiary/aromatic N) is 1. The molecule has 0 spiro atoms. The molecule has 1 amide bonds. The first-order chi connectivity index (χ1) is 5.69. The Hall–Kier alpha value is -0.570. The van der Waals surface area contributed by atoms with Gasteiger partial charge < -0.3 is 9.64 Å². The van der Waals surface area contributed by atoms with Crippen LogP contribution in [0.15, 0.2) is 0 Å². The summed E-state index contributed by atoms with van der Waals surface area (Å²) in [7, 11) is 1.66. The molecule has 1 saturated heterocycles. The van der Waals surface area contributed by atoms with E-state index in [0.29, 0.717) is 12.5 Å². The Morgan fingerprint density at radius 2 is 2.42 bits per heavy atom. The topological polar surface area (TPSA) is 29.5 Å². The van der Waals surface area contributed by atoms with Crippen molar-refractivity contribution in [3.8, 4) is 0 Å². The first-order valence-corrected chi connectivity index (χ1v) is 4.51. The zero-order valence-corrected chi connectivity index (χ0v) is 8.04. The van der Waals surface area contributed by atoms with Gasteiger partial charge in [0.15, 0.2) is 0 Å². The maximum Gasteiger partial charge on any atom is 0.225 e. The quantitative estimate of drug-likeness (QED) is 0.634. The van der Waals surface area contributed by atoms with Crippen molar-refractivity contribution in [2.24, 2.45) is 0 Å². The second-order valence-corrected chi connectivity index (χ2v) is 3.37. The number of hydrogen-bond donors (Lipinski definition) is 0. The van der Waals surface area contributed by atoms with Crippen LogP contribution >= 0.6 is 0 Å². The first kappa shape index (κ1) is 9.52. The summed E-state index contributed by atoms with van der Waals surface area (Å²) in [5, 5.41) is 0. The van der Waals surface area contributed by atoms with Gasteiger partial charge in [-0.15, -0.1) is 0 Å². The number of carbonyl (C=O) groups excluding carboxylic acids is 1. The van der Waals surface area contributed by atoms with Crippen LogP contribution in [0, 0.1) is 0 Å². The van der Waals surface area contributed by atoms with E-state index < -0.39 is 0 Å². The largest absolute Gasteiger partial charge is 0.379 e. The Bertz CT molecular complexity index is 170. The van der Waals surface area contributed by atoms with E-state index in [1.807, 2.05) is 4.90 Å². The van der Waals surface area contributed by atoms with Gasteiger partial charge in [-0.05, 0) is 13.3 Å². The van der Waals surface area contributed by atoms with Gasteiger partial charge in [0.1, 0.15) is 0 Å². The molecule has 0 unspecified atom stereocenters. The maximum atomic E-state index is 11.4. The lowest BCUT2D eigenvalue weighted by Gasteiger charge is -2.23. The second-order valence-electron chi connectivity index (χ2n) is 3.37. The number of ether oxygens (including phenoxy) is 1. The average Bonchev–Trinajstić information content (AvgIpc) is 2.45. The van der Waals surface area contributed by atoms with Gasteiger partial charge in [-0.1, -0.05) is 6.92 Å². The number of likely N-dealkylation sites (tertiary alicyclic amines) is 1. The molecule has 1 heterocycles. The second kappa shape index (κ2) is 3.90. The fourth-order valence-electron chi connectivity index (χ4n) is 1.50. The smallest absolute Gasteiger partial charge is 0.225 e. The molecule has 70 valence electrons. The highest BCUT2D eigenvalue weighted by Gasteiger charge is 2.31. The third-order valence-electron chi connectivity index (χ3n) is 2.58. The SMILES string of the molecule is CC[C@H](C)N1C[C@H](OC)CC1=O. The van der Waals surface area contributed by atoms with E-state index in [1.54, 1.807) is 7.11 Å². The molecule has 0 bridgehead atoms. The Morgan fingerprint density at radius 1 is 1.75 bits per heavy atom. The van der Waals surface area contributed by atoms with E-state index in [2.05, 4.69) is 13.8 Å². The predicted molar refractivity (Wildman–Crippen MR) is 46.9 cm³/mol. The molecule has 0 aliphatic carbocycles. The Kier molecular flexibility index (Phi) is 3.09. The zero-order chi connectivity index (χ0) is 9.14. The average molecular weight is 171 g/mol. The lowest BCUT2D eigenvalue weighted by atomic mass is 10.2. The van der Waals surface area contributed by atoms with Crippen LogP contribution in [0.4, 0.5) is 0 Å². The van der Waals surface area contributed by atoms with Crippen molar-refractivity contribution < 1.29 is 9.53 Å². The summed E-state index contributed by atoms with van der Waals surface area (Å²) in [4.78, 5) is 13.3. The maximum absolute atomic E-state index is 11.4. The molecule has 1 fully saturated rings. The van der Waals surface area contributed by atoms with Crippen LogP contribution in [0.3, 0.4) is 0 Å². The molecule has 0 aromatic carbocycles. The summed E-state index contributed by atoms with van der Waals surface area (Å²) >= 11 is 0. The van der Waals surface area contributed by atoms with Crippen LogP contribution < -0.4 is 0 Å². The summed E-state index contributed by atoms with van der Waals surface area (Å²) in [6, 6.07) is 0.359. The van der Waals surface area contributed by atoms with Gasteiger partial charge in [0.2, 0.25) is 5.91 Å². The highest BCUT2D eigenvalue weighted by atomic mass is 16.5. The predicted octanol–water partition coefficient (Wildman–Crippen LogP) is 1.03. The van der Waals surface area contributed by atoms with Gasteiger partial charge in [0.05, 0.1) is 12.5 Å². The molecule has 1 aliphatic rings. The molecule has 2 atom stereocenters. The molecule has 12 heavy (non-hydrogen) atoms. The Morgan fingerprint density at radius 3 is 2.83 bits per heavy atom. The fourth-order valence-corrected chi connectivity index (χ4v) is 1.50. The van der Waals surface area contributed by atoms with E-state index >= 15 is 0 Å². The molecular weight excluding hydrogens is 154 g/mol. The van der Waals surface area contributed by atoms with E-state index in [1.165, 1.54) is 0 Å². The van der Waals surface area contributed by atoms with Gasteiger partial charge in [0, 0.05) is 19.7 Å². The van der Waals surface area contributed by atoms with Crippen molar-refractivity contribution in [2.75, 3.05) is 13.7 Å². The van der Waals surface area contributed by atoms with E-state index in [4.69, 9.17) is 4.74 Å². The minimum atomic E-state index is 0.117. The van der Waals surface area contributed by atoms with Gasteiger partial charge in [0.25, 0.3) is 0 Å². The van der Waals surface area contributed by atoms with Crippen molar-refractivity contribution in [1.82, 2.24) is 4.90 Å². The van der Waals surface area contributed by atoms with Gasteiger partial charge in [-0.2, -0.15) is 0 Å². The van der Waals surface area contributed by atoms with Crippen LogP contribution in [-0.4, -0.2) is 36.6 Å². The third kappa shape index (κ3) is 1.78. The third-order valence-corrected chi connectivity index (χ3v) is 2.58. The van der Waals surface area contributed by atoms with Crippen LogP contribution in [0.5, 0.6) is 0 Å². The number of amides is 1. The molecule has 3 heteroatoms. The van der Waals surface area contributed by atoms with Crippen molar-refractivity contribution in [3.63, 3.8) is 0 Å². The van der Waals surface area contributed by atoms with Crippen molar-refractivity contribution >= 4 is 5.91 Å². The molecule has 3 nitrogen and oxygen atoms in total. The molecule has 0 saturated carbocycles. The fraction of sp³-hybridized carbons (Fsp3) is 0.889. The summed E-state index contributed by atoms with van der Waals surface area (Å²) < 4.78 is 5.14. The summed E-state index contributed by atoms with van der Waals surface area (Å²) in [6.07, 6.45) is 1.69. The first-order valence-electron chi connectivity index (χ1n) is 4.51. The monoisotopic (exact) mass is 171 g/mol. The zero-order valence-electron chi connectivity index (χ0n) is 8.04. The van der Waals surface area contributed by atoms with E-state index in [9.17, 15) is 4.79 Å². The van der Waals surface area contributed by atoms with Crippen molar-refractivity contribution in [3.05, 3.63) is 0 Å². The van der Waals surface area contributed by atoms with Crippen LogP contribution in [0.25, 0.3) is 0 Å². The lowest BCUT2D eigenvalue weighted by Crippen LogP contribution is -2.34. The summed E-state index contributed by atoms with van der Waals surface area (Å²) in [5.74, 6) is 0.233. The highest BCUT2D eigenvalue weighted by molar-refractivity contribution is 5.79. The Labute approximate surface area is 73.7 Å². The van der Waals surface area contributed by atoms with Gasteiger partial charge in [-0.25, -0.2) is 0 Å². The minimum Gasteiger partial charge on any atom is -0.379 e.